The minimum Gasteiger partial charge on any atom is -0.367 e. The Bertz CT molecular complexity index is 992. The number of benzene rings is 2. The molecule has 3 rings (SSSR count). The van der Waals surface area contributed by atoms with Gasteiger partial charge in [0.25, 0.3) is 10.0 Å². The van der Waals surface area contributed by atoms with E-state index in [4.69, 9.17) is 11.6 Å². The summed E-state index contributed by atoms with van der Waals surface area (Å²) in [6.07, 6.45) is 0. The van der Waals surface area contributed by atoms with E-state index in [1.54, 1.807) is 18.2 Å². The summed E-state index contributed by atoms with van der Waals surface area (Å²) in [7, 11) is -3.82. The first-order valence-corrected chi connectivity index (χ1v) is 9.15. The van der Waals surface area contributed by atoms with Crippen LogP contribution in [0.1, 0.15) is 6.92 Å². The summed E-state index contributed by atoms with van der Waals surface area (Å²) >= 11 is 5.88. The number of aromatic nitrogens is 2. The van der Waals surface area contributed by atoms with Crippen molar-refractivity contribution in [2.24, 2.45) is 0 Å². The number of nitrogens with one attached hydrogen (secondary N) is 2. The lowest BCUT2D eigenvalue weighted by molar-refractivity contribution is 0.601. The van der Waals surface area contributed by atoms with Crippen LogP contribution >= 0.6 is 11.6 Å². The van der Waals surface area contributed by atoms with Gasteiger partial charge in [-0.2, -0.15) is 0 Å². The molecule has 0 unspecified atom stereocenters. The lowest BCUT2D eigenvalue weighted by Gasteiger charge is -2.13. The van der Waals surface area contributed by atoms with Crippen molar-refractivity contribution in [2.75, 3.05) is 16.6 Å². The molecule has 6 nitrogen and oxygen atoms in total. The SMILES string of the molecule is CCNc1nc2ccccc2nc1NS(=O)(=O)c1cccc(Cl)c1. The van der Waals surface area contributed by atoms with E-state index in [2.05, 4.69) is 20.0 Å². The van der Waals surface area contributed by atoms with Gasteiger partial charge in [-0.3, -0.25) is 4.72 Å². The lowest BCUT2D eigenvalue weighted by Crippen LogP contribution is -2.16. The Balaban J connectivity index is 2.06. The van der Waals surface area contributed by atoms with Gasteiger partial charge in [0.15, 0.2) is 11.6 Å². The summed E-state index contributed by atoms with van der Waals surface area (Å²) in [5.74, 6) is 0.525. The van der Waals surface area contributed by atoms with Crippen molar-refractivity contribution in [2.45, 2.75) is 11.8 Å². The van der Waals surface area contributed by atoms with Crippen LogP contribution in [0.25, 0.3) is 11.0 Å². The van der Waals surface area contributed by atoms with E-state index < -0.39 is 10.0 Å². The van der Waals surface area contributed by atoms with Gasteiger partial charge in [0.2, 0.25) is 0 Å². The third-order valence-electron chi connectivity index (χ3n) is 3.25. The molecule has 0 bridgehead atoms. The largest absolute Gasteiger partial charge is 0.367 e. The van der Waals surface area contributed by atoms with E-state index in [1.165, 1.54) is 12.1 Å². The molecule has 0 amide bonds. The van der Waals surface area contributed by atoms with Crippen LogP contribution in [0.15, 0.2) is 53.4 Å². The van der Waals surface area contributed by atoms with Crippen molar-refractivity contribution in [3.05, 3.63) is 53.6 Å². The van der Waals surface area contributed by atoms with Gasteiger partial charge in [0.1, 0.15) is 0 Å². The first kappa shape index (κ1) is 16.5. The van der Waals surface area contributed by atoms with Gasteiger partial charge in [0.05, 0.1) is 15.9 Å². The number of rotatable bonds is 5. The van der Waals surface area contributed by atoms with Gasteiger partial charge in [-0.1, -0.05) is 29.8 Å². The number of sulfonamides is 1. The topological polar surface area (TPSA) is 84.0 Å². The summed E-state index contributed by atoms with van der Waals surface area (Å²) in [5, 5.41) is 3.37. The fourth-order valence-corrected chi connectivity index (χ4v) is 3.49. The smallest absolute Gasteiger partial charge is 0.263 e. The van der Waals surface area contributed by atoms with Crippen molar-refractivity contribution >= 4 is 44.3 Å². The first-order valence-electron chi connectivity index (χ1n) is 7.28. The van der Waals surface area contributed by atoms with Crippen LogP contribution in [0, 0.1) is 0 Å². The molecule has 0 aliphatic carbocycles. The van der Waals surface area contributed by atoms with E-state index in [0.29, 0.717) is 28.4 Å². The third-order valence-corrected chi connectivity index (χ3v) is 4.82. The van der Waals surface area contributed by atoms with Crippen LogP contribution < -0.4 is 10.0 Å². The van der Waals surface area contributed by atoms with Gasteiger partial charge in [-0.05, 0) is 37.3 Å². The molecular formula is C16H15ClN4O2S. The lowest BCUT2D eigenvalue weighted by atomic mass is 10.3. The summed E-state index contributed by atoms with van der Waals surface area (Å²) in [6, 6.07) is 13.3. The highest BCUT2D eigenvalue weighted by molar-refractivity contribution is 7.92. The molecular weight excluding hydrogens is 348 g/mol. The van der Waals surface area contributed by atoms with E-state index in [1.807, 2.05) is 25.1 Å². The molecule has 2 N–H and O–H groups in total. The second kappa shape index (κ2) is 6.62. The highest BCUT2D eigenvalue weighted by Crippen LogP contribution is 2.25. The predicted octanol–water partition coefficient (Wildman–Crippen LogP) is 3.52. The average molecular weight is 363 g/mol. The van der Waals surface area contributed by atoms with E-state index >= 15 is 0 Å². The highest BCUT2D eigenvalue weighted by Gasteiger charge is 2.18. The Labute approximate surface area is 145 Å². The average Bonchev–Trinajstić information content (AvgIpc) is 2.55. The van der Waals surface area contributed by atoms with Gasteiger partial charge < -0.3 is 5.32 Å². The normalized spacial score (nSPS) is 11.4. The number of halogens is 1. The minimum atomic E-state index is -3.82. The number of hydrogen-bond acceptors (Lipinski definition) is 5. The zero-order valence-electron chi connectivity index (χ0n) is 12.8. The standard InChI is InChI=1S/C16H15ClN4O2S/c1-2-18-15-16(20-14-9-4-3-8-13(14)19-15)21-24(22,23)12-7-5-6-11(17)10-12/h3-10H,2H2,1H3,(H,18,19)(H,20,21). The molecule has 0 atom stereocenters. The summed E-state index contributed by atoms with van der Waals surface area (Å²) in [4.78, 5) is 8.87. The Morgan fingerprint density at radius 2 is 1.67 bits per heavy atom. The molecule has 3 aromatic rings. The van der Waals surface area contributed by atoms with Gasteiger partial charge in [-0.15, -0.1) is 0 Å². The number of anilines is 2. The van der Waals surface area contributed by atoms with Crippen molar-refractivity contribution in [3.8, 4) is 0 Å². The fraction of sp³-hybridized carbons (Fsp3) is 0.125. The molecule has 0 saturated carbocycles. The maximum absolute atomic E-state index is 12.6. The predicted molar refractivity (Wildman–Crippen MR) is 96.0 cm³/mol. The Kier molecular flexibility index (Phi) is 4.55. The van der Waals surface area contributed by atoms with Crippen LogP contribution in [0.2, 0.25) is 5.02 Å². The van der Waals surface area contributed by atoms with Crippen LogP contribution in [-0.4, -0.2) is 24.9 Å². The maximum Gasteiger partial charge on any atom is 0.263 e. The second-order valence-corrected chi connectivity index (χ2v) is 7.12. The molecule has 124 valence electrons. The Morgan fingerprint density at radius 3 is 2.29 bits per heavy atom. The quantitative estimate of drug-likeness (QED) is 0.725. The molecule has 0 radical (unpaired) electrons. The van der Waals surface area contributed by atoms with Crippen LogP contribution in [0.4, 0.5) is 11.6 Å². The van der Waals surface area contributed by atoms with Crippen molar-refractivity contribution in [1.29, 1.82) is 0 Å². The number of para-hydroxylation sites is 2. The molecule has 1 heterocycles. The van der Waals surface area contributed by atoms with Gasteiger partial charge >= 0.3 is 0 Å². The molecule has 8 heteroatoms. The summed E-state index contributed by atoms with van der Waals surface area (Å²) in [5.41, 5.74) is 1.28. The second-order valence-electron chi connectivity index (χ2n) is 5.00. The zero-order valence-corrected chi connectivity index (χ0v) is 14.4. The highest BCUT2D eigenvalue weighted by atomic mass is 35.5. The molecule has 0 aliphatic rings. The first-order chi connectivity index (χ1) is 11.5. The third kappa shape index (κ3) is 3.42. The number of nitrogens with zero attached hydrogens (tertiary/aromatic N) is 2. The summed E-state index contributed by atoms with van der Waals surface area (Å²) in [6.45, 7) is 2.48. The molecule has 0 spiro atoms. The fourth-order valence-electron chi connectivity index (χ4n) is 2.18. The van der Waals surface area contributed by atoms with Gasteiger partial charge in [-0.25, -0.2) is 18.4 Å². The summed E-state index contributed by atoms with van der Waals surface area (Å²) < 4.78 is 27.6. The van der Waals surface area contributed by atoms with Crippen molar-refractivity contribution < 1.29 is 8.42 Å². The van der Waals surface area contributed by atoms with Crippen LogP contribution in [0.5, 0.6) is 0 Å². The number of fused-ring (bicyclic) bond motifs is 1. The van der Waals surface area contributed by atoms with E-state index in [-0.39, 0.29) is 10.7 Å². The van der Waals surface area contributed by atoms with Gasteiger partial charge in [0, 0.05) is 11.6 Å². The Morgan fingerprint density at radius 1 is 1.00 bits per heavy atom. The van der Waals surface area contributed by atoms with E-state index in [0.717, 1.165) is 0 Å². The van der Waals surface area contributed by atoms with Crippen molar-refractivity contribution in [3.63, 3.8) is 0 Å². The molecule has 2 aromatic carbocycles. The molecule has 0 aliphatic heterocycles. The monoisotopic (exact) mass is 362 g/mol. The van der Waals surface area contributed by atoms with E-state index in [9.17, 15) is 8.42 Å². The Hall–Kier alpha value is -2.38. The van der Waals surface area contributed by atoms with Crippen molar-refractivity contribution in [1.82, 2.24) is 9.97 Å². The molecule has 0 fully saturated rings. The minimum absolute atomic E-state index is 0.0624. The number of hydrogen-bond donors (Lipinski definition) is 2. The molecule has 1 aromatic heterocycles. The van der Waals surface area contributed by atoms with Crippen LogP contribution in [0.3, 0.4) is 0 Å². The molecule has 24 heavy (non-hydrogen) atoms. The zero-order chi connectivity index (χ0) is 17.2. The maximum atomic E-state index is 12.6. The molecule has 0 saturated heterocycles. The van der Waals surface area contributed by atoms with Crippen LogP contribution in [-0.2, 0) is 10.0 Å².